The number of nitrogens with zero attached hydrogens (tertiary/aromatic N) is 2. The zero-order valence-corrected chi connectivity index (χ0v) is 22.9. The standard InChI is InChI=1S/C28H36F3N3O3S/c1-4-38(36,37)24-11-7-19(8-12-24)14-33-27(35)21-13-22-17-34(26(18(2)3)25(22)32-15-21)16-20-5-9-23(10-6-20)28(29,30)31/h7-8,11-13,15,18,20,23,26H,4-6,9-10,14,16-17H2,1-3H3,(H,33,35)/t20-,23+,26-/m0/s1. The Kier molecular flexibility index (Phi) is 8.52. The Morgan fingerprint density at radius 1 is 1.13 bits per heavy atom. The molecule has 2 aliphatic rings. The van der Waals surface area contributed by atoms with Gasteiger partial charge >= 0.3 is 6.18 Å². The van der Waals surface area contributed by atoms with Gasteiger partial charge in [-0.3, -0.25) is 14.7 Å². The number of amides is 1. The Balaban J connectivity index is 1.38. The molecule has 1 amide bonds. The predicted octanol–water partition coefficient (Wildman–Crippen LogP) is 5.69. The minimum absolute atomic E-state index is 0.0304. The van der Waals surface area contributed by atoms with Crippen molar-refractivity contribution >= 4 is 15.7 Å². The van der Waals surface area contributed by atoms with Gasteiger partial charge in [-0.15, -0.1) is 0 Å². The summed E-state index contributed by atoms with van der Waals surface area (Å²) < 4.78 is 63.2. The molecule has 0 spiro atoms. The van der Waals surface area contributed by atoms with Crippen LogP contribution in [0.1, 0.15) is 79.7 Å². The maximum Gasteiger partial charge on any atom is 0.391 e. The van der Waals surface area contributed by atoms with E-state index >= 15 is 0 Å². The van der Waals surface area contributed by atoms with Gasteiger partial charge in [0.05, 0.1) is 33.9 Å². The smallest absolute Gasteiger partial charge is 0.348 e. The molecule has 0 bridgehead atoms. The summed E-state index contributed by atoms with van der Waals surface area (Å²) in [6, 6.07) is 8.42. The third kappa shape index (κ3) is 6.39. The molecular weight excluding hydrogens is 515 g/mol. The number of fused-ring (bicyclic) bond motifs is 1. The van der Waals surface area contributed by atoms with Crippen LogP contribution in [-0.2, 0) is 22.9 Å². The lowest BCUT2D eigenvalue weighted by atomic mass is 9.81. The van der Waals surface area contributed by atoms with Crippen LogP contribution in [0.15, 0.2) is 41.4 Å². The second-order valence-electron chi connectivity index (χ2n) is 10.9. The van der Waals surface area contributed by atoms with Crippen molar-refractivity contribution in [2.75, 3.05) is 12.3 Å². The highest BCUT2D eigenvalue weighted by atomic mass is 32.2. The van der Waals surface area contributed by atoms with Crippen LogP contribution >= 0.6 is 0 Å². The lowest BCUT2D eigenvalue weighted by molar-refractivity contribution is -0.184. The number of nitrogens with one attached hydrogen (secondary N) is 1. The summed E-state index contributed by atoms with van der Waals surface area (Å²) in [6.07, 6.45) is -0.974. The van der Waals surface area contributed by atoms with Crippen molar-refractivity contribution in [2.45, 2.75) is 76.7 Å². The summed E-state index contributed by atoms with van der Waals surface area (Å²) in [6.45, 7) is 7.44. The topological polar surface area (TPSA) is 79.4 Å². The fourth-order valence-corrected chi connectivity index (χ4v) is 6.60. The number of sulfone groups is 1. The van der Waals surface area contributed by atoms with Crippen molar-refractivity contribution in [3.63, 3.8) is 0 Å². The van der Waals surface area contributed by atoms with Gasteiger partial charge in [0.15, 0.2) is 9.84 Å². The van der Waals surface area contributed by atoms with Crippen molar-refractivity contribution in [2.24, 2.45) is 17.8 Å². The molecule has 1 N–H and O–H groups in total. The zero-order valence-electron chi connectivity index (χ0n) is 22.1. The Bertz CT molecular complexity index is 1240. The van der Waals surface area contributed by atoms with E-state index in [0.29, 0.717) is 24.9 Å². The summed E-state index contributed by atoms with van der Waals surface area (Å²) >= 11 is 0. The van der Waals surface area contributed by atoms with Gasteiger partial charge in [0.25, 0.3) is 5.91 Å². The first-order valence-electron chi connectivity index (χ1n) is 13.3. The van der Waals surface area contributed by atoms with E-state index in [9.17, 15) is 26.4 Å². The molecule has 1 atom stereocenters. The molecule has 1 fully saturated rings. The van der Waals surface area contributed by atoms with E-state index in [1.807, 2.05) is 6.07 Å². The third-order valence-electron chi connectivity index (χ3n) is 7.86. The van der Waals surface area contributed by atoms with Gasteiger partial charge < -0.3 is 5.32 Å². The van der Waals surface area contributed by atoms with E-state index in [-0.39, 0.29) is 53.8 Å². The molecule has 0 unspecified atom stereocenters. The molecule has 0 saturated heterocycles. The van der Waals surface area contributed by atoms with Gasteiger partial charge in [0.2, 0.25) is 0 Å². The Morgan fingerprint density at radius 2 is 1.79 bits per heavy atom. The molecule has 38 heavy (non-hydrogen) atoms. The lowest BCUT2D eigenvalue weighted by Crippen LogP contribution is -2.35. The van der Waals surface area contributed by atoms with Crippen molar-refractivity contribution in [3.8, 4) is 0 Å². The first-order chi connectivity index (χ1) is 17.9. The van der Waals surface area contributed by atoms with E-state index in [0.717, 1.165) is 23.4 Å². The monoisotopic (exact) mass is 551 g/mol. The first-order valence-corrected chi connectivity index (χ1v) is 14.9. The van der Waals surface area contributed by atoms with Crippen molar-refractivity contribution < 1.29 is 26.4 Å². The number of hydrogen-bond acceptors (Lipinski definition) is 5. The number of hydrogen-bond donors (Lipinski definition) is 1. The van der Waals surface area contributed by atoms with Gasteiger partial charge in [-0.2, -0.15) is 13.2 Å². The first kappa shape index (κ1) is 28.5. The fraction of sp³-hybridized carbons (Fsp3) is 0.571. The molecule has 2 heterocycles. The molecule has 10 heteroatoms. The molecule has 1 aliphatic heterocycles. The summed E-state index contributed by atoms with van der Waals surface area (Å²) in [7, 11) is -3.27. The highest BCUT2D eigenvalue weighted by Gasteiger charge is 2.42. The Labute approximate surface area is 222 Å². The molecular formula is C28H36F3N3O3S. The quantitative estimate of drug-likeness (QED) is 0.456. The highest BCUT2D eigenvalue weighted by molar-refractivity contribution is 7.91. The largest absolute Gasteiger partial charge is 0.391 e. The summed E-state index contributed by atoms with van der Waals surface area (Å²) in [5.74, 6) is -0.918. The number of rotatable bonds is 8. The van der Waals surface area contributed by atoms with E-state index in [1.54, 1.807) is 37.4 Å². The second kappa shape index (κ2) is 11.3. The average molecular weight is 552 g/mol. The minimum Gasteiger partial charge on any atom is -0.348 e. The number of alkyl halides is 3. The molecule has 208 valence electrons. The lowest BCUT2D eigenvalue weighted by Gasteiger charge is -2.35. The molecule has 1 aromatic carbocycles. The fourth-order valence-electron chi connectivity index (χ4n) is 5.71. The van der Waals surface area contributed by atoms with Crippen molar-refractivity contribution in [3.05, 3.63) is 58.9 Å². The van der Waals surface area contributed by atoms with Crippen LogP contribution in [0.5, 0.6) is 0 Å². The number of carbonyl (C=O) groups is 1. The van der Waals surface area contributed by atoms with Crippen LogP contribution in [0, 0.1) is 17.8 Å². The van der Waals surface area contributed by atoms with E-state index < -0.39 is 21.9 Å². The van der Waals surface area contributed by atoms with E-state index in [4.69, 9.17) is 0 Å². The third-order valence-corrected chi connectivity index (χ3v) is 9.61. The van der Waals surface area contributed by atoms with Crippen LogP contribution < -0.4 is 5.32 Å². The summed E-state index contributed by atoms with van der Waals surface area (Å²) in [5.41, 5.74) is 3.15. The predicted molar refractivity (Wildman–Crippen MR) is 139 cm³/mol. The van der Waals surface area contributed by atoms with Gasteiger partial charge in [0, 0.05) is 25.8 Å². The average Bonchev–Trinajstić information content (AvgIpc) is 3.24. The molecule has 6 nitrogen and oxygen atoms in total. The highest BCUT2D eigenvalue weighted by Crippen LogP contribution is 2.43. The van der Waals surface area contributed by atoms with E-state index in [2.05, 4.69) is 29.0 Å². The van der Waals surface area contributed by atoms with Gasteiger partial charge in [0.1, 0.15) is 0 Å². The molecule has 1 saturated carbocycles. The normalized spacial score (nSPS) is 22.4. The molecule has 2 aromatic rings. The molecule has 1 aliphatic carbocycles. The molecule has 0 radical (unpaired) electrons. The number of carbonyl (C=O) groups excluding carboxylic acids is 1. The molecule has 4 rings (SSSR count). The Morgan fingerprint density at radius 3 is 2.37 bits per heavy atom. The van der Waals surface area contributed by atoms with Crippen LogP contribution in [0.25, 0.3) is 0 Å². The summed E-state index contributed by atoms with van der Waals surface area (Å²) in [4.78, 5) is 20.1. The van der Waals surface area contributed by atoms with Crippen molar-refractivity contribution in [1.82, 2.24) is 15.2 Å². The van der Waals surface area contributed by atoms with Gasteiger partial charge in [-0.05, 0) is 66.8 Å². The van der Waals surface area contributed by atoms with E-state index in [1.165, 1.54) is 0 Å². The SMILES string of the molecule is CCS(=O)(=O)c1ccc(CNC(=O)c2cnc3c(c2)CN(C[C@H]2CC[C@@H](C(F)(F)F)CC2)[C@H]3C(C)C)cc1. The second-order valence-corrected chi connectivity index (χ2v) is 13.2. The number of benzene rings is 1. The van der Waals surface area contributed by atoms with Crippen LogP contribution in [0.4, 0.5) is 13.2 Å². The van der Waals surface area contributed by atoms with Crippen LogP contribution in [-0.4, -0.2) is 42.7 Å². The van der Waals surface area contributed by atoms with Gasteiger partial charge in [-0.1, -0.05) is 32.9 Å². The minimum atomic E-state index is -4.10. The maximum absolute atomic E-state index is 13.1. The number of pyridine rings is 1. The van der Waals surface area contributed by atoms with Crippen molar-refractivity contribution in [1.29, 1.82) is 0 Å². The van der Waals surface area contributed by atoms with Crippen LogP contribution in [0.3, 0.4) is 0 Å². The maximum atomic E-state index is 13.1. The van der Waals surface area contributed by atoms with Crippen LogP contribution in [0.2, 0.25) is 0 Å². The molecule has 1 aromatic heterocycles. The Hall–Kier alpha value is -2.46. The number of halogens is 3. The zero-order chi connectivity index (χ0) is 27.7. The van der Waals surface area contributed by atoms with Gasteiger partial charge in [-0.25, -0.2) is 8.42 Å². The summed E-state index contributed by atoms with van der Waals surface area (Å²) in [5, 5.41) is 2.87. The number of aromatic nitrogens is 1.